The lowest BCUT2D eigenvalue weighted by molar-refractivity contribution is 0.104. The van der Waals surface area contributed by atoms with Crippen LogP contribution in [0.3, 0.4) is 0 Å². The summed E-state index contributed by atoms with van der Waals surface area (Å²) in [5, 5.41) is 0.934. The van der Waals surface area contributed by atoms with E-state index < -0.39 is 0 Å². The number of benzene rings is 2. The highest BCUT2D eigenvalue weighted by atomic mass is 16.1. The van der Waals surface area contributed by atoms with Crippen molar-refractivity contribution < 1.29 is 4.79 Å². The molecule has 0 bridgehead atoms. The lowest BCUT2D eigenvalue weighted by Gasteiger charge is -2.07. The van der Waals surface area contributed by atoms with Crippen LogP contribution < -0.4 is 5.73 Å². The van der Waals surface area contributed by atoms with Crippen molar-refractivity contribution in [3.63, 3.8) is 0 Å². The molecule has 0 atom stereocenters. The standard InChI is InChI=1S/C17H16N2O/c1-10-6-7-12-13(9-19-15(12)8-10)17(20)16-11(2)4-3-5-14(16)18/h3-9,19H,18H2,1-2H3. The third kappa shape index (κ3) is 1.88. The van der Waals surface area contributed by atoms with Crippen LogP contribution >= 0.6 is 0 Å². The van der Waals surface area contributed by atoms with Gasteiger partial charge in [-0.25, -0.2) is 0 Å². The van der Waals surface area contributed by atoms with Crippen LogP contribution in [0.1, 0.15) is 27.0 Å². The molecule has 3 N–H and O–H groups in total. The van der Waals surface area contributed by atoms with Gasteiger partial charge in [-0.2, -0.15) is 0 Å². The Balaban J connectivity index is 2.18. The van der Waals surface area contributed by atoms with E-state index in [9.17, 15) is 4.79 Å². The van der Waals surface area contributed by atoms with Gasteiger partial charge in [0.15, 0.2) is 5.78 Å². The Kier molecular flexibility index (Phi) is 2.83. The number of aryl methyl sites for hydroxylation is 2. The van der Waals surface area contributed by atoms with Crippen molar-refractivity contribution in [3.8, 4) is 0 Å². The summed E-state index contributed by atoms with van der Waals surface area (Å²) < 4.78 is 0. The highest BCUT2D eigenvalue weighted by Gasteiger charge is 2.18. The average molecular weight is 264 g/mol. The van der Waals surface area contributed by atoms with Crippen LogP contribution in [0.15, 0.2) is 42.6 Å². The van der Waals surface area contributed by atoms with Crippen LogP contribution in [0, 0.1) is 13.8 Å². The lowest BCUT2D eigenvalue weighted by Crippen LogP contribution is -2.07. The number of hydrogen-bond donors (Lipinski definition) is 2. The van der Waals surface area contributed by atoms with Crippen LogP contribution in [-0.2, 0) is 0 Å². The van der Waals surface area contributed by atoms with Gasteiger partial charge >= 0.3 is 0 Å². The number of aromatic nitrogens is 1. The zero-order chi connectivity index (χ0) is 14.3. The molecule has 0 spiro atoms. The molecule has 2 aromatic carbocycles. The molecule has 3 rings (SSSR count). The molecule has 0 radical (unpaired) electrons. The molecular formula is C17H16N2O. The normalized spacial score (nSPS) is 10.9. The van der Waals surface area contributed by atoms with E-state index in [4.69, 9.17) is 5.73 Å². The van der Waals surface area contributed by atoms with Gasteiger partial charge in [-0.05, 0) is 37.1 Å². The maximum absolute atomic E-state index is 12.7. The monoisotopic (exact) mass is 264 g/mol. The number of aromatic amines is 1. The predicted molar refractivity (Wildman–Crippen MR) is 82.1 cm³/mol. The lowest BCUT2D eigenvalue weighted by atomic mass is 9.97. The van der Waals surface area contributed by atoms with Crippen molar-refractivity contribution in [1.82, 2.24) is 4.98 Å². The number of carbonyl (C=O) groups is 1. The van der Waals surface area contributed by atoms with Crippen LogP contribution in [0.4, 0.5) is 5.69 Å². The van der Waals surface area contributed by atoms with Crippen molar-refractivity contribution in [3.05, 3.63) is 64.8 Å². The molecule has 0 aliphatic rings. The maximum atomic E-state index is 12.7. The summed E-state index contributed by atoms with van der Waals surface area (Å²) in [6.07, 6.45) is 1.76. The van der Waals surface area contributed by atoms with Gasteiger partial charge in [-0.1, -0.05) is 24.3 Å². The van der Waals surface area contributed by atoms with Crippen molar-refractivity contribution in [1.29, 1.82) is 0 Å². The Bertz CT molecular complexity index is 795. The molecule has 1 aromatic heterocycles. The van der Waals surface area contributed by atoms with Gasteiger partial charge in [0.1, 0.15) is 0 Å². The van der Waals surface area contributed by atoms with Gasteiger partial charge in [0, 0.05) is 33.9 Å². The first-order chi connectivity index (χ1) is 9.58. The number of anilines is 1. The number of ketones is 1. The highest BCUT2D eigenvalue weighted by molar-refractivity contribution is 6.19. The minimum atomic E-state index is -0.0318. The zero-order valence-electron chi connectivity index (χ0n) is 11.5. The van der Waals surface area contributed by atoms with E-state index in [0.29, 0.717) is 16.8 Å². The van der Waals surface area contributed by atoms with Gasteiger partial charge in [0.05, 0.1) is 0 Å². The van der Waals surface area contributed by atoms with Gasteiger partial charge < -0.3 is 10.7 Å². The summed E-state index contributed by atoms with van der Waals surface area (Å²) in [6.45, 7) is 3.93. The molecule has 0 saturated heterocycles. The largest absolute Gasteiger partial charge is 0.398 e. The first-order valence-electron chi connectivity index (χ1n) is 6.55. The Morgan fingerprint density at radius 1 is 1.15 bits per heavy atom. The van der Waals surface area contributed by atoms with Crippen LogP contribution in [0.5, 0.6) is 0 Å². The van der Waals surface area contributed by atoms with Crippen molar-refractivity contribution in [2.75, 3.05) is 5.73 Å². The minimum Gasteiger partial charge on any atom is -0.398 e. The Morgan fingerprint density at radius 3 is 2.70 bits per heavy atom. The highest BCUT2D eigenvalue weighted by Crippen LogP contribution is 2.26. The maximum Gasteiger partial charge on any atom is 0.197 e. The van der Waals surface area contributed by atoms with Gasteiger partial charge in [-0.15, -0.1) is 0 Å². The first-order valence-corrected chi connectivity index (χ1v) is 6.55. The van der Waals surface area contributed by atoms with E-state index >= 15 is 0 Å². The van der Waals surface area contributed by atoms with E-state index in [-0.39, 0.29) is 5.78 Å². The second-order valence-corrected chi connectivity index (χ2v) is 5.12. The third-order valence-corrected chi connectivity index (χ3v) is 3.61. The zero-order valence-corrected chi connectivity index (χ0v) is 11.5. The molecule has 20 heavy (non-hydrogen) atoms. The summed E-state index contributed by atoms with van der Waals surface area (Å²) in [7, 11) is 0. The van der Waals surface area contributed by atoms with E-state index in [0.717, 1.165) is 22.0 Å². The molecule has 0 fully saturated rings. The van der Waals surface area contributed by atoms with E-state index in [1.54, 1.807) is 12.3 Å². The molecule has 3 heteroatoms. The summed E-state index contributed by atoms with van der Waals surface area (Å²) in [6, 6.07) is 11.5. The molecule has 0 saturated carbocycles. The molecule has 1 heterocycles. The van der Waals surface area contributed by atoms with E-state index in [2.05, 4.69) is 4.98 Å². The fourth-order valence-corrected chi connectivity index (χ4v) is 2.56. The van der Waals surface area contributed by atoms with Gasteiger partial charge in [0.2, 0.25) is 0 Å². The van der Waals surface area contributed by atoms with Crippen molar-refractivity contribution >= 4 is 22.4 Å². The number of rotatable bonds is 2. The number of H-pyrrole nitrogens is 1. The van der Waals surface area contributed by atoms with Crippen LogP contribution in [-0.4, -0.2) is 10.8 Å². The molecule has 0 amide bonds. The fraction of sp³-hybridized carbons (Fsp3) is 0.118. The summed E-state index contributed by atoms with van der Waals surface area (Å²) in [5.41, 5.74) is 10.8. The SMILES string of the molecule is Cc1ccc2c(C(=O)c3c(C)cccc3N)c[nH]c2c1. The van der Waals surface area contributed by atoms with E-state index in [1.807, 2.05) is 44.2 Å². The molecule has 0 aliphatic heterocycles. The van der Waals surface area contributed by atoms with Gasteiger partial charge in [-0.3, -0.25) is 4.79 Å². The molecular weight excluding hydrogens is 248 g/mol. The Morgan fingerprint density at radius 2 is 1.95 bits per heavy atom. The smallest absolute Gasteiger partial charge is 0.197 e. The van der Waals surface area contributed by atoms with Crippen molar-refractivity contribution in [2.24, 2.45) is 0 Å². The summed E-state index contributed by atoms with van der Waals surface area (Å²) >= 11 is 0. The quantitative estimate of drug-likeness (QED) is 0.549. The third-order valence-electron chi connectivity index (χ3n) is 3.61. The average Bonchev–Trinajstić information content (AvgIpc) is 2.81. The molecule has 100 valence electrons. The van der Waals surface area contributed by atoms with Crippen molar-refractivity contribution in [2.45, 2.75) is 13.8 Å². The minimum absolute atomic E-state index is 0.0318. The number of nitrogens with one attached hydrogen (secondary N) is 1. The Hall–Kier alpha value is -2.55. The number of nitrogens with two attached hydrogens (primary N) is 1. The summed E-state index contributed by atoms with van der Waals surface area (Å²) in [4.78, 5) is 15.9. The summed E-state index contributed by atoms with van der Waals surface area (Å²) in [5.74, 6) is -0.0318. The number of carbonyl (C=O) groups excluding carboxylic acids is 1. The first kappa shape index (κ1) is 12.5. The second-order valence-electron chi connectivity index (χ2n) is 5.12. The van der Waals surface area contributed by atoms with Gasteiger partial charge in [0.25, 0.3) is 0 Å². The molecule has 0 aliphatic carbocycles. The van der Waals surface area contributed by atoms with E-state index in [1.165, 1.54) is 0 Å². The van der Waals surface area contributed by atoms with Crippen LogP contribution in [0.25, 0.3) is 10.9 Å². The fourth-order valence-electron chi connectivity index (χ4n) is 2.56. The predicted octanol–water partition coefficient (Wildman–Crippen LogP) is 3.60. The topological polar surface area (TPSA) is 58.9 Å². The number of nitrogen functional groups attached to an aromatic ring is 1. The molecule has 3 nitrogen and oxygen atoms in total. The molecule has 3 aromatic rings. The molecule has 0 unspecified atom stereocenters. The number of hydrogen-bond acceptors (Lipinski definition) is 2. The van der Waals surface area contributed by atoms with Crippen LogP contribution in [0.2, 0.25) is 0 Å². The number of fused-ring (bicyclic) bond motifs is 1. The Labute approximate surface area is 117 Å². The second kappa shape index (κ2) is 4.53.